The summed E-state index contributed by atoms with van der Waals surface area (Å²) in [6, 6.07) is 16.8. The van der Waals surface area contributed by atoms with E-state index in [4.69, 9.17) is 4.74 Å². The van der Waals surface area contributed by atoms with Crippen molar-refractivity contribution >= 4 is 27.5 Å². The Kier molecular flexibility index (Phi) is 11.0. The highest BCUT2D eigenvalue weighted by Crippen LogP contribution is 2.33. The topological polar surface area (TPSA) is 96.0 Å². The lowest BCUT2D eigenvalue weighted by Gasteiger charge is -2.33. The van der Waals surface area contributed by atoms with Crippen molar-refractivity contribution in [2.24, 2.45) is 0 Å². The zero-order valence-corrected chi connectivity index (χ0v) is 24.4. The summed E-state index contributed by atoms with van der Waals surface area (Å²) in [6.45, 7) is 3.04. The van der Waals surface area contributed by atoms with Crippen LogP contribution in [0.15, 0.2) is 83.8 Å². The van der Waals surface area contributed by atoms with E-state index in [1.165, 1.54) is 42.3 Å². The molecule has 8 nitrogen and oxygen atoms in total. The minimum absolute atomic E-state index is 0.0735. The second kappa shape index (κ2) is 14.2. The third kappa shape index (κ3) is 8.03. The summed E-state index contributed by atoms with van der Waals surface area (Å²) in [5, 5.41) is 2.78. The number of amides is 2. The molecule has 3 rings (SSSR count). The molecular weight excluding hydrogens is 571 g/mol. The number of nitrogens with one attached hydrogen (secondary N) is 1. The molecular formula is C30H34F3N3O5S. The van der Waals surface area contributed by atoms with Crippen LogP contribution in [0.4, 0.5) is 18.9 Å². The summed E-state index contributed by atoms with van der Waals surface area (Å²) in [4.78, 5) is 28.2. The molecule has 3 aromatic carbocycles. The zero-order valence-electron chi connectivity index (χ0n) is 23.6. The lowest BCUT2D eigenvalue weighted by Crippen LogP contribution is -2.52. The van der Waals surface area contributed by atoms with E-state index < -0.39 is 46.2 Å². The number of sulfonamides is 1. The first-order valence-corrected chi connectivity index (χ1v) is 14.8. The number of anilines is 1. The lowest BCUT2D eigenvalue weighted by molar-refractivity contribution is -0.140. The summed E-state index contributed by atoms with van der Waals surface area (Å²) in [6.07, 6.45) is -3.88. The molecule has 1 atom stereocenters. The summed E-state index contributed by atoms with van der Waals surface area (Å²) in [5.41, 5.74) is -0.799. The van der Waals surface area contributed by atoms with Crippen molar-refractivity contribution < 1.29 is 35.9 Å². The van der Waals surface area contributed by atoms with Gasteiger partial charge in [-0.05, 0) is 60.9 Å². The summed E-state index contributed by atoms with van der Waals surface area (Å²) in [7, 11) is -3.01. The summed E-state index contributed by atoms with van der Waals surface area (Å²) < 4.78 is 74.3. The van der Waals surface area contributed by atoms with Crippen LogP contribution in [0.5, 0.6) is 5.75 Å². The van der Waals surface area contributed by atoms with Gasteiger partial charge < -0.3 is 15.0 Å². The summed E-state index contributed by atoms with van der Waals surface area (Å²) in [5.74, 6) is -0.680. The van der Waals surface area contributed by atoms with Crippen molar-refractivity contribution in [2.45, 2.75) is 50.3 Å². The number of alkyl halides is 3. The van der Waals surface area contributed by atoms with Crippen molar-refractivity contribution in [3.05, 3.63) is 90.0 Å². The summed E-state index contributed by atoms with van der Waals surface area (Å²) >= 11 is 0. The second-order valence-corrected chi connectivity index (χ2v) is 11.3. The van der Waals surface area contributed by atoms with Crippen LogP contribution in [0, 0.1) is 0 Å². The molecule has 0 saturated carbocycles. The Balaban J connectivity index is 2.11. The number of hydrogen-bond acceptors (Lipinski definition) is 5. The minimum Gasteiger partial charge on any atom is -0.497 e. The number of carbonyl (C=O) groups excluding carboxylic acids is 2. The van der Waals surface area contributed by atoms with Crippen LogP contribution in [0.25, 0.3) is 0 Å². The van der Waals surface area contributed by atoms with E-state index >= 15 is 0 Å². The molecule has 2 amide bonds. The van der Waals surface area contributed by atoms with Crippen LogP contribution in [0.3, 0.4) is 0 Å². The van der Waals surface area contributed by atoms with Crippen molar-refractivity contribution in [3.63, 3.8) is 0 Å². The van der Waals surface area contributed by atoms with Crippen molar-refractivity contribution in [3.8, 4) is 5.75 Å². The Bertz CT molecular complexity index is 1470. The van der Waals surface area contributed by atoms with Crippen molar-refractivity contribution in [1.29, 1.82) is 0 Å². The number of methoxy groups -OCH3 is 1. The number of benzene rings is 3. The van der Waals surface area contributed by atoms with Crippen LogP contribution in [-0.4, -0.2) is 51.4 Å². The molecule has 0 aliphatic carbocycles. The van der Waals surface area contributed by atoms with Gasteiger partial charge in [0.25, 0.3) is 10.0 Å². The molecule has 0 aliphatic rings. The van der Waals surface area contributed by atoms with Crippen LogP contribution >= 0.6 is 0 Å². The van der Waals surface area contributed by atoms with Crippen LogP contribution in [0.1, 0.15) is 37.8 Å². The highest BCUT2D eigenvalue weighted by Gasteiger charge is 2.35. The Morgan fingerprint density at radius 2 is 1.64 bits per heavy atom. The smallest absolute Gasteiger partial charge is 0.416 e. The maximum absolute atomic E-state index is 14.0. The predicted molar refractivity (Wildman–Crippen MR) is 153 cm³/mol. The van der Waals surface area contributed by atoms with E-state index in [-0.39, 0.29) is 23.5 Å². The molecule has 0 aliphatic heterocycles. The largest absolute Gasteiger partial charge is 0.497 e. The van der Waals surface area contributed by atoms with Gasteiger partial charge in [-0.2, -0.15) is 13.2 Å². The Morgan fingerprint density at radius 3 is 2.26 bits per heavy atom. The monoisotopic (exact) mass is 605 g/mol. The molecule has 0 heterocycles. The average Bonchev–Trinajstić information content (AvgIpc) is 2.98. The quantitative estimate of drug-likeness (QED) is 0.288. The standard InChI is InChI=1S/C30H34F3N3O5S/c1-4-17-34-29(38)27(5-2)35(20-22-11-9-14-25(18-22)41-3)28(37)21-36(42(39,40)26-15-7-6-8-16-26)24-13-10-12-23(19-24)30(31,32)33/h6-16,18-19,27H,4-5,17,20-21H2,1-3H3,(H,34,38). The van der Waals surface area contributed by atoms with Gasteiger partial charge in [0, 0.05) is 13.1 Å². The normalized spacial score (nSPS) is 12.3. The van der Waals surface area contributed by atoms with E-state index in [1.54, 1.807) is 37.3 Å². The van der Waals surface area contributed by atoms with Gasteiger partial charge in [-0.25, -0.2) is 8.42 Å². The first-order chi connectivity index (χ1) is 19.9. The van der Waals surface area contributed by atoms with Gasteiger partial charge in [-0.3, -0.25) is 13.9 Å². The molecule has 0 aromatic heterocycles. The molecule has 12 heteroatoms. The number of halogens is 3. The van der Waals surface area contributed by atoms with E-state index in [1.807, 2.05) is 6.92 Å². The zero-order chi connectivity index (χ0) is 30.9. The maximum Gasteiger partial charge on any atom is 0.416 e. The molecule has 226 valence electrons. The molecule has 0 fully saturated rings. The number of hydrogen-bond donors (Lipinski definition) is 1. The average molecular weight is 606 g/mol. The first kappa shape index (κ1) is 32.5. The van der Waals surface area contributed by atoms with Gasteiger partial charge in [0.05, 0.1) is 23.3 Å². The fraction of sp³-hybridized carbons (Fsp3) is 0.333. The highest BCUT2D eigenvalue weighted by atomic mass is 32.2. The van der Waals surface area contributed by atoms with Crippen molar-refractivity contribution in [2.75, 3.05) is 24.5 Å². The third-order valence-corrected chi connectivity index (χ3v) is 8.28. The maximum atomic E-state index is 14.0. The number of nitrogens with zero attached hydrogens (tertiary/aromatic N) is 2. The molecule has 0 bridgehead atoms. The van der Waals surface area contributed by atoms with E-state index in [0.29, 0.717) is 34.7 Å². The van der Waals surface area contributed by atoms with Gasteiger partial charge in [0.2, 0.25) is 11.8 Å². The van der Waals surface area contributed by atoms with Gasteiger partial charge >= 0.3 is 6.18 Å². The van der Waals surface area contributed by atoms with Crippen molar-refractivity contribution in [1.82, 2.24) is 10.2 Å². The Hall–Kier alpha value is -4.06. The number of ether oxygens (including phenoxy) is 1. The fourth-order valence-electron chi connectivity index (χ4n) is 4.34. The molecule has 0 spiro atoms. The van der Waals surface area contributed by atoms with E-state index in [9.17, 15) is 31.2 Å². The third-order valence-electron chi connectivity index (χ3n) is 6.49. The number of rotatable bonds is 13. The van der Waals surface area contributed by atoms with Crippen LogP contribution in [-0.2, 0) is 32.3 Å². The SMILES string of the molecule is CCCNC(=O)C(CC)N(Cc1cccc(OC)c1)C(=O)CN(c1cccc(C(F)(F)F)c1)S(=O)(=O)c1ccccc1. The highest BCUT2D eigenvalue weighted by molar-refractivity contribution is 7.92. The molecule has 1 N–H and O–H groups in total. The van der Waals surface area contributed by atoms with Gasteiger partial charge in [-0.1, -0.05) is 50.2 Å². The van der Waals surface area contributed by atoms with Gasteiger partial charge in [0.15, 0.2) is 0 Å². The molecule has 1 unspecified atom stereocenters. The van der Waals surface area contributed by atoms with Crippen LogP contribution in [0.2, 0.25) is 0 Å². The molecule has 42 heavy (non-hydrogen) atoms. The van der Waals surface area contributed by atoms with Gasteiger partial charge in [-0.15, -0.1) is 0 Å². The Morgan fingerprint density at radius 1 is 0.952 bits per heavy atom. The first-order valence-electron chi connectivity index (χ1n) is 13.4. The molecule has 0 radical (unpaired) electrons. The van der Waals surface area contributed by atoms with Gasteiger partial charge in [0.1, 0.15) is 18.3 Å². The fourth-order valence-corrected chi connectivity index (χ4v) is 5.77. The Labute approximate surface area is 244 Å². The molecule has 3 aromatic rings. The number of carbonyl (C=O) groups is 2. The second-order valence-electron chi connectivity index (χ2n) is 9.46. The van der Waals surface area contributed by atoms with Crippen LogP contribution < -0.4 is 14.4 Å². The predicted octanol–water partition coefficient (Wildman–Crippen LogP) is 5.24. The van der Waals surface area contributed by atoms with E-state index in [2.05, 4.69) is 5.32 Å². The molecule has 0 saturated heterocycles. The lowest BCUT2D eigenvalue weighted by atomic mass is 10.1. The van der Waals surface area contributed by atoms with E-state index in [0.717, 1.165) is 12.1 Å². The minimum atomic E-state index is -4.74.